The Morgan fingerprint density at radius 2 is 1.76 bits per heavy atom. The number of carbonyl (C=O) groups is 4. The summed E-state index contributed by atoms with van der Waals surface area (Å²) in [6, 6.07) is 8.01. The summed E-state index contributed by atoms with van der Waals surface area (Å²) in [5.74, 6) is -0.665. The fraction of sp³-hybridized carbons (Fsp3) is 0.333. The number of nitrogens with zero attached hydrogens (tertiary/aromatic N) is 2. The third-order valence-electron chi connectivity index (χ3n) is 4.87. The fourth-order valence-corrected chi connectivity index (χ4v) is 3.35. The Morgan fingerprint density at radius 3 is 2.55 bits per heavy atom. The quantitative estimate of drug-likeness (QED) is 0.578. The van der Waals surface area contributed by atoms with E-state index in [0.717, 1.165) is 0 Å². The van der Waals surface area contributed by atoms with E-state index in [4.69, 9.17) is 18.6 Å². The van der Waals surface area contributed by atoms with Gasteiger partial charge in [0.15, 0.2) is 17.3 Å². The summed E-state index contributed by atoms with van der Waals surface area (Å²) in [5, 5.41) is 7.62. The van der Waals surface area contributed by atoms with Gasteiger partial charge in [-0.05, 0) is 30.7 Å². The maximum atomic E-state index is 12.5. The van der Waals surface area contributed by atoms with Crippen molar-refractivity contribution < 1.29 is 37.8 Å². The molecule has 2 aliphatic heterocycles. The molecule has 0 saturated carbocycles. The minimum Gasteiger partial charge on any atom is -0.459 e. The minimum atomic E-state index is -0.526. The monoisotopic (exact) mass is 458 g/mol. The Bertz CT molecular complexity index is 1040. The Balaban J connectivity index is 1.20. The maximum Gasteiger partial charge on any atom is 0.287 e. The normalized spacial score (nSPS) is 14.3. The van der Waals surface area contributed by atoms with Crippen molar-refractivity contribution in [3.63, 3.8) is 0 Å². The number of hydrogen-bond donors (Lipinski definition) is 2. The first-order chi connectivity index (χ1) is 16.0. The molecule has 1 fully saturated rings. The predicted octanol–water partition coefficient (Wildman–Crippen LogP) is 0.369. The highest BCUT2D eigenvalue weighted by atomic mass is 16.7. The first-order valence-electron chi connectivity index (χ1n) is 10.2. The molecular formula is C21H22N4O8. The van der Waals surface area contributed by atoms with Gasteiger partial charge in [0.05, 0.1) is 12.8 Å². The zero-order valence-corrected chi connectivity index (χ0v) is 17.6. The third kappa shape index (κ3) is 5.41. The summed E-state index contributed by atoms with van der Waals surface area (Å²) in [7, 11) is 0. The van der Waals surface area contributed by atoms with Crippen LogP contribution < -0.4 is 20.1 Å². The molecule has 2 N–H and O–H groups in total. The van der Waals surface area contributed by atoms with Gasteiger partial charge in [0.2, 0.25) is 12.7 Å². The molecule has 174 valence electrons. The van der Waals surface area contributed by atoms with E-state index in [2.05, 4.69) is 10.6 Å². The molecule has 4 amide bonds. The largest absolute Gasteiger partial charge is 0.459 e. The highest BCUT2D eigenvalue weighted by Crippen LogP contribution is 2.34. The van der Waals surface area contributed by atoms with Gasteiger partial charge in [-0.3, -0.25) is 19.2 Å². The molecule has 0 radical (unpaired) electrons. The van der Waals surface area contributed by atoms with Gasteiger partial charge in [0.25, 0.3) is 17.7 Å². The van der Waals surface area contributed by atoms with Crippen LogP contribution in [-0.4, -0.2) is 73.3 Å². The van der Waals surface area contributed by atoms with Crippen molar-refractivity contribution in [2.24, 2.45) is 0 Å². The van der Waals surface area contributed by atoms with E-state index >= 15 is 0 Å². The van der Waals surface area contributed by atoms with E-state index in [-0.39, 0.29) is 32.3 Å². The number of anilines is 1. The van der Waals surface area contributed by atoms with Crippen molar-refractivity contribution in [2.75, 3.05) is 45.0 Å². The van der Waals surface area contributed by atoms with Gasteiger partial charge in [-0.25, -0.2) is 10.0 Å². The molecule has 12 nitrogen and oxygen atoms in total. The van der Waals surface area contributed by atoms with Crippen molar-refractivity contribution in [1.29, 1.82) is 0 Å². The molecular weight excluding hydrogens is 436 g/mol. The average molecular weight is 458 g/mol. The topological polar surface area (TPSA) is 140 Å². The molecule has 0 bridgehead atoms. The Kier molecular flexibility index (Phi) is 6.74. The van der Waals surface area contributed by atoms with Gasteiger partial charge in [0, 0.05) is 24.8 Å². The summed E-state index contributed by atoms with van der Waals surface area (Å²) in [6.07, 6.45) is 1.95. The second-order valence-corrected chi connectivity index (χ2v) is 7.16. The molecule has 1 aromatic heterocycles. The molecule has 0 spiro atoms. The van der Waals surface area contributed by atoms with Crippen LogP contribution in [0.15, 0.2) is 41.0 Å². The number of hydrazine groups is 1. The molecule has 1 saturated heterocycles. The van der Waals surface area contributed by atoms with Crippen molar-refractivity contribution in [3.8, 4) is 11.5 Å². The number of ether oxygens (including phenoxy) is 3. The van der Waals surface area contributed by atoms with E-state index < -0.39 is 23.6 Å². The van der Waals surface area contributed by atoms with Crippen LogP contribution in [0.25, 0.3) is 0 Å². The molecule has 0 atom stereocenters. The van der Waals surface area contributed by atoms with E-state index in [1.807, 2.05) is 0 Å². The molecule has 2 aliphatic rings. The number of nitrogens with one attached hydrogen (secondary N) is 2. The van der Waals surface area contributed by atoms with Crippen LogP contribution >= 0.6 is 0 Å². The van der Waals surface area contributed by atoms with E-state index in [1.165, 1.54) is 22.3 Å². The molecule has 12 heteroatoms. The van der Waals surface area contributed by atoms with E-state index in [9.17, 15) is 19.2 Å². The number of rotatable bonds is 8. The second-order valence-electron chi connectivity index (χ2n) is 7.16. The molecule has 33 heavy (non-hydrogen) atoms. The van der Waals surface area contributed by atoms with Gasteiger partial charge >= 0.3 is 0 Å². The summed E-state index contributed by atoms with van der Waals surface area (Å²) >= 11 is 0. The second kappa shape index (κ2) is 10.0. The first kappa shape index (κ1) is 22.1. The van der Waals surface area contributed by atoms with E-state index in [1.54, 1.807) is 24.3 Å². The molecule has 0 aliphatic carbocycles. The van der Waals surface area contributed by atoms with Gasteiger partial charge in [-0.1, -0.05) is 0 Å². The zero-order valence-electron chi connectivity index (χ0n) is 17.6. The number of hydrogen-bond acceptors (Lipinski definition) is 8. The van der Waals surface area contributed by atoms with Gasteiger partial charge in [-0.15, -0.1) is 0 Å². The Morgan fingerprint density at radius 1 is 0.970 bits per heavy atom. The lowest BCUT2D eigenvalue weighted by molar-refractivity contribution is -0.160. The lowest BCUT2D eigenvalue weighted by Crippen LogP contribution is -2.49. The van der Waals surface area contributed by atoms with Crippen LogP contribution in [0.1, 0.15) is 17.0 Å². The van der Waals surface area contributed by atoms with Crippen LogP contribution in [-0.2, 0) is 19.1 Å². The van der Waals surface area contributed by atoms with E-state index in [0.29, 0.717) is 36.7 Å². The van der Waals surface area contributed by atoms with Crippen molar-refractivity contribution >= 4 is 29.3 Å². The molecule has 1 aromatic carbocycles. The Labute approximate surface area is 188 Å². The number of fused-ring (bicyclic) bond motifs is 1. The van der Waals surface area contributed by atoms with Crippen LogP contribution in [0.3, 0.4) is 0 Å². The molecule has 4 rings (SSSR count). The summed E-state index contributed by atoms with van der Waals surface area (Å²) in [5.41, 5.74) is 0.507. The fourth-order valence-electron chi connectivity index (χ4n) is 3.35. The van der Waals surface area contributed by atoms with Crippen LogP contribution in [0.5, 0.6) is 11.5 Å². The van der Waals surface area contributed by atoms with Crippen LogP contribution in [0.4, 0.5) is 5.69 Å². The van der Waals surface area contributed by atoms with Gasteiger partial charge < -0.3 is 29.3 Å². The highest BCUT2D eigenvalue weighted by Gasteiger charge is 2.30. The van der Waals surface area contributed by atoms with Crippen molar-refractivity contribution in [3.05, 3.63) is 42.4 Å². The molecule has 2 aromatic rings. The standard InChI is InChI=1S/C21H22N4O8/c26-18(23-14-4-5-15-17(9-14)33-13-32-15)11-30-12-20(28)25-7-2-6-24(25)19(27)10-22-21(29)16-3-1-8-31-16/h1,3-5,8-9H,2,6-7,10-13H2,(H,22,29)(H,23,26). The maximum absolute atomic E-state index is 12.5. The summed E-state index contributed by atoms with van der Waals surface area (Å²) in [4.78, 5) is 49.0. The third-order valence-corrected chi connectivity index (χ3v) is 4.87. The van der Waals surface area contributed by atoms with Crippen LogP contribution in [0.2, 0.25) is 0 Å². The average Bonchev–Trinajstić information content (AvgIpc) is 3.58. The van der Waals surface area contributed by atoms with Crippen LogP contribution in [0, 0.1) is 0 Å². The summed E-state index contributed by atoms with van der Waals surface area (Å²) < 4.78 is 20.7. The first-order valence-corrected chi connectivity index (χ1v) is 10.2. The summed E-state index contributed by atoms with van der Waals surface area (Å²) in [6.45, 7) is -0.208. The minimum absolute atomic E-state index is 0.0876. The zero-order chi connectivity index (χ0) is 23.2. The number of amides is 4. The lowest BCUT2D eigenvalue weighted by Gasteiger charge is -2.27. The number of furan rings is 1. The lowest BCUT2D eigenvalue weighted by atomic mass is 10.3. The van der Waals surface area contributed by atoms with Gasteiger partial charge in [0.1, 0.15) is 13.2 Å². The predicted molar refractivity (Wildman–Crippen MR) is 111 cm³/mol. The van der Waals surface area contributed by atoms with Gasteiger partial charge in [-0.2, -0.15) is 0 Å². The molecule has 3 heterocycles. The number of carbonyl (C=O) groups excluding carboxylic acids is 4. The smallest absolute Gasteiger partial charge is 0.287 e. The van der Waals surface area contributed by atoms with Crippen molar-refractivity contribution in [1.82, 2.24) is 15.3 Å². The van der Waals surface area contributed by atoms with Crippen molar-refractivity contribution in [2.45, 2.75) is 6.42 Å². The SMILES string of the molecule is O=C(COCC(=O)N1CCCN1C(=O)CNC(=O)c1ccco1)Nc1ccc2c(c1)OCO2. The molecule has 0 unspecified atom stereocenters. The highest BCUT2D eigenvalue weighted by molar-refractivity contribution is 5.94. The Hall–Kier alpha value is -4.06. The number of benzene rings is 1.